The SMILES string of the molecule is O=C(CSc1nnnn1Cc1ccco1)N1CCN(S(=O)(=O)c2ccccc2F)CC1. The number of hydrogen-bond donors (Lipinski definition) is 0. The highest BCUT2D eigenvalue weighted by molar-refractivity contribution is 7.99. The van der Waals surface area contributed by atoms with Gasteiger partial charge in [0.2, 0.25) is 21.1 Å². The molecule has 164 valence electrons. The van der Waals surface area contributed by atoms with Crippen molar-refractivity contribution >= 4 is 27.7 Å². The molecule has 10 nitrogen and oxygen atoms in total. The first-order chi connectivity index (χ1) is 14.9. The summed E-state index contributed by atoms with van der Waals surface area (Å²) in [5.74, 6) is -0.142. The Hall–Kier alpha value is -2.77. The minimum atomic E-state index is -3.94. The largest absolute Gasteiger partial charge is 0.467 e. The summed E-state index contributed by atoms with van der Waals surface area (Å²) >= 11 is 1.20. The van der Waals surface area contributed by atoms with Crippen LogP contribution in [0.2, 0.25) is 0 Å². The highest BCUT2D eigenvalue weighted by atomic mass is 32.2. The number of sulfonamides is 1. The Balaban J connectivity index is 1.31. The van der Waals surface area contributed by atoms with Crippen LogP contribution in [0.15, 0.2) is 57.1 Å². The van der Waals surface area contributed by atoms with Crippen LogP contribution in [0.3, 0.4) is 0 Å². The Bertz CT molecular complexity index is 1140. The van der Waals surface area contributed by atoms with Crippen molar-refractivity contribution in [3.8, 4) is 0 Å². The van der Waals surface area contributed by atoms with Gasteiger partial charge in [-0.25, -0.2) is 17.5 Å². The van der Waals surface area contributed by atoms with Gasteiger partial charge in [-0.3, -0.25) is 4.79 Å². The van der Waals surface area contributed by atoms with E-state index in [1.165, 1.54) is 38.9 Å². The molecule has 2 aromatic heterocycles. The smallest absolute Gasteiger partial charge is 0.246 e. The van der Waals surface area contributed by atoms with Gasteiger partial charge in [-0.05, 0) is 34.7 Å². The van der Waals surface area contributed by atoms with E-state index in [1.807, 2.05) is 0 Å². The minimum Gasteiger partial charge on any atom is -0.467 e. The summed E-state index contributed by atoms with van der Waals surface area (Å²) < 4.78 is 47.3. The van der Waals surface area contributed by atoms with Gasteiger partial charge in [0, 0.05) is 26.2 Å². The predicted octanol–water partition coefficient (Wildman–Crippen LogP) is 1.08. The summed E-state index contributed by atoms with van der Waals surface area (Å²) in [5, 5.41) is 11.9. The zero-order valence-corrected chi connectivity index (χ0v) is 17.9. The maximum Gasteiger partial charge on any atom is 0.246 e. The maximum atomic E-state index is 13.9. The van der Waals surface area contributed by atoms with Crippen molar-refractivity contribution in [3.05, 3.63) is 54.2 Å². The second-order valence-corrected chi connectivity index (χ2v) is 9.55. The summed E-state index contributed by atoms with van der Waals surface area (Å²) in [6.07, 6.45) is 1.56. The molecule has 3 heterocycles. The van der Waals surface area contributed by atoms with Gasteiger partial charge >= 0.3 is 0 Å². The molecule has 3 aromatic rings. The van der Waals surface area contributed by atoms with Gasteiger partial charge in [0.25, 0.3) is 0 Å². The number of nitrogens with zero attached hydrogens (tertiary/aromatic N) is 6. The summed E-state index contributed by atoms with van der Waals surface area (Å²) in [5.41, 5.74) is 0. The molecule has 4 rings (SSSR count). The summed E-state index contributed by atoms with van der Waals surface area (Å²) in [7, 11) is -3.94. The van der Waals surface area contributed by atoms with Crippen molar-refractivity contribution in [1.82, 2.24) is 29.4 Å². The van der Waals surface area contributed by atoms with Crippen LogP contribution in [0.5, 0.6) is 0 Å². The molecule has 1 fully saturated rings. The lowest BCUT2D eigenvalue weighted by atomic mass is 10.3. The Morgan fingerprint density at radius 1 is 1.13 bits per heavy atom. The van der Waals surface area contributed by atoms with Crippen LogP contribution in [0.4, 0.5) is 4.39 Å². The number of carbonyl (C=O) groups excluding carboxylic acids is 1. The fraction of sp³-hybridized carbons (Fsp3) is 0.333. The zero-order chi connectivity index (χ0) is 21.8. The van der Waals surface area contributed by atoms with Crippen LogP contribution >= 0.6 is 11.8 Å². The first-order valence-corrected chi connectivity index (χ1v) is 11.8. The molecular weight excluding hydrogens is 447 g/mol. The topological polar surface area (TPSA) is 114 Å². The molecule has 0 saturated carbocycles. The van der Waals surface area contributed by atoms with Crippen molar-refractivity contribution < 1.29 is 22.0 Å². The quantitative estimate of drug-likeness (QED) is 0.475. The lowest BCUT2D eigenvalue weighted by molar-refractivity contribution is -0.129. The number of hydrogen-bond acceptors (Lipinski definition) is 8. The first kappa shape index (κ1) is 21.5. The van der Waals surface area contributed by atoms with Gasteiger partial charge in [0.1, 0.15) is 23.0 Å². The van der Waals surface area contributed by atoms with Crippen molar-refractivity contribution in [2.24, 2.45) is 0 Å². The molecule has 1 aliphatic heterocycles. The van der Waals surface area contributed by atoms with E-state index in [1.54, 1.807) is 23.3 Å². The molecule has 1 saturated heterocycles. The van der Waals surface area contributed by atoms with Gasteiger partial charge in [0.15, 0.2) is 0 Å². The number of aromatic nitrogens is 4. The highest BCUT2D eigenvalue weighted by Crippen LogP contribution is 2.21. The molecule has 13 heteroatoms. The molecular formula is C18H19FN6O4S2. The number of carbonyl (C=O) groups is 1. The molecule has 0 N–H and O–H groups in total. The Labute approximate surface area is 182 Å². The second-order valence-electron chi connectivity index (χ2n) is 6.70. The lowest BCUT2D eigenvalue weighted by Crippen LogP contribution is -2.51. The van der Waals surface area contributed by atoms with Gasteiger partial charge in [-0.2, -0.15) is 4.31 Å². The number of piperazine rings is 1. The van der Waals surface area contributed by atoms with Gasteiger partial charge in [-0.15, -0.1) is 5.10 Å². The van der Waals surface area contributed by atoms with E-state index >= 15 is 0 Å². The number of tetrazole rings is 1. The molecule has 0 unspecified atom stereocenters. The highest BCUT2D eigenvalue weighted by Gasteiger charge is 2.31. The third kappa shape index (κ3) is 4.78. The van der Waals surface area contributed by atoms with Crippen LogP contribution in [0, 0.1) is 5.82 Å². The van der Waals surface area contributed by atoms with Crippen molar-refractivity contribution in [3.63, 3.8) is 0 Å². The number of thioether (sulfide) groups is 1. The number of amides is 1. The van der Waals surface area contributed by atoms with E-state index in [0.717, 1.165) is 6.07 Å². The Kier molecular flexibility index (Phi) is 6.34. The molecule has 1 amide bonds. The summed E-state index contributed by atoms with van der Waals surface area (Å²) in [6, 6.07) is 8.84. The normalized spacial score (nSPS) is 15.3. The van der Waals surface area contributed by atoms with Crippen molar-refractivity contribution in [2.45, 2.75) is 16.6 Å². The van der Waals surface area contributed by atoms with E-state index in [9.17, 15) is 17.6 Å². The Morgan fingerprint density at radius 3 is 2.61 bits per heavy atom. The molecule has 1 aliphatic rings. The average molecular weight is 467 g/mol. The minimum absolute atomic E-state index is 0.101. The fourth-order valence-electron chi connectivity index (χ4n) is 3.14. The van der Waals surface area contributed by atoms with E-state index in [-0.39, 0.29) is 42.7 Å². The van der Waals surface area contributed by atoms with Crippen molar-refractivity contribution in [1.29, 1.82) is 0 Å². The van der Waals surface area contributed by atoms with Gasteiger partial charge in [-0.1, -0.05) is 23.9 Å². The van der Waals surface area contributed by atoms with Crippen LogP contribution in [0.25, 0.3) is 0 Å². The fourth-order valence-corrected chi connectivity index (χ4v) is 5.40. The molecule has 0 atom stereocenters. The molecule has 31 heavy (non-hydrogen) atoms. The molecule has 0 spiro atoms. The Morgan fingerprint density at radius 2 is 1.90 bits per heavy atom. The zero-order valence-electron chi connectivity index (χ0n) is 16.3. The van der Waals surface area contributed by atoms with Crippen LogP contribution in [-0.2, 0) is 21.4 Å². The van der Waals surface area contributed by atoms with Gasteiger partial charge in [0.05, 0.1) is 12.0 Å². The number of benzene rings is 1. The van der Waals surface area contributed by atoms with Crippen LogP contribution in [-0.4, -0.2) is 75.7 Å². The summed E-state index contributed by atoms with van der Waals surface area (Å²) in [4.78, 5) is 13.8. The third-order valence-electron chi connectivity index (χ3n) is 4.76. The standard InChI is InChI=1S/C18H19FN6O4S2/c19-15-5-1-2-6-16(15)31(27,28)24-9-7-23(8-10-24)17(26)13-30-18-20-21-22-25(18)12-14-4-3-11-29-14/h1-6,11H,7-10,12-13H2. The predicted molar refractivity (Wildman–Crippen MR) is 108 cm³/mol. The molecule has 1 aromatic carbocycles. The maximum absolute atomic E-state index is 13.9. The monoisotopic (exact) mass is 466 g/mol. The number of rotatable bonds is 7. The van der Waals surface area contributed by atoms with Crippen LogP contribution < -0.4 is 0 Å². The van der Waals surface area contributed by atoms with E-state index < -0.39 is 15.8 Å². The van der Waals surface area contributed by atoms with E-state index in [2.05, 4.69) is 15.5 Å². The summed E-state index contributed by atoms with van der Waals surface area (Å²) in [6.45, 7) is 1.00. The molecule has 0 radical (unpaired) electrons. The molecule has 0 aliphatic carbocycles. The number of halogens is 1. The van der Waals surface area contributed by atoms with E-state index in [0.29, 0.717) is 17.5 Å². The number of furan rings is 1. The van der Waals surface area contributed by atoms with E-state index in [4.69, 9.17) is 4.42 Å². The average Bonchev–Trinajstić information content (AvgIpc) is 3.45. The van der Waals surface area contributed by atoms with Gasteiger partial charge < -0.3 is 9.32 Å². The first-order valence-electron chi connectivity index (χ1n) is 9.39. The third-order valence-corrected chi connectivity index (χ3v) is 7.63. The second kappa shape index (κ2) is 9.16. The lowest BCUT2D eigenvalue weighted by Gasteiger charge is -2.34. The van der Waals surface area contributed by atoms with Crippen molar-refractivity contribution in [2.75, 3.05) is 31.9 Å². The molecule has 0 bridgehead atoms. The van der Waals surface area contributed by atoms with Crippen LogP contribution in [0.1, 0.15) is 5.76 Å².